The van der Waals surface area contributed by atoms with Crippen molar-refractivity contribution in [3.8, 4) is 0 Å². The van der Waals surface area contributed by atoms with E-state index in [0.29, 0.717) is 24.1 Å². The molecule has 5 nitrogen and oxygen atoms in total. The van der Waals surface area contributed by atoms with E-state index in [1.165, 1.54) is 12.1 Å². The van der Waals surface area contributed by atoms with E-state index in [9.17, 15) is 10.1 Å². The van der Waals surface area contributed by atoms with Crippen LogP contribution >= 0.6 is 15.9 Å². The molecule has 0 aromatic heterocycles. The fraction of sp³-hybridized carbons (Fsp3) is 0.400. The van der Waals surface area contributed by atoms with Crippen molar-refractivity contribution in [2.75, 3.05) is 18.5 Å². The van der Waals surface area contributed by atoms with Gasteiger partial charge in [0.05, 0.1) is 23.5 Å². The van der Waals surface area contributed by atoms with Gasteiger partial charge < -0.3 is 9.47 Å². The number of alkyl halides is 1. The fourth-order valence-corrected chi connectivity index (χ4v) is 2.28. The van der Waals surface area contributed by atoms with Gasteiger partial charge in [0.1, 0.15) is 0 Å². The van der Waals surface area contributed by atoms with Gasteiger partial charge in [-0.2, -0.15) is 0 Å². The Bertz CT molecular complexity index is 404. The van der Waals surface area contributed by atoms with Gasteiger partial charge in [0.2, 0.25) is 5.79 Å². The van der Waals surface area contributed by atoms with Gasteiger partial charge in [0.25, 0.3) is 5.69 Å². The molecule has 2 rings (SSSR count). The third kappa shape index (κ3) is 1.95. The molecule has 86 valence electrons. The fourth-order valence-electron chi connectivity index (χ4n) is 1.63. The highest BCUT2D eigenvalue weighted by atomic mass is 79.9. The summed E-state index contributed by atoms with van der Waals surface area (Å²) < 4.78 is 11.0. The minimum Gasteiger partial charge on any atom is -0.343 e. The average Bonchev–Trinajstić information content (AvgIpc) is 2.79. The largest absolute Gasteiger partial charge is 0.343 e. The molecule has 0 spiro atoms. The van der Waals surface area contributed by atoms with E-state index in [4.69, 9.17) is 9.47 Å². The number of benzene rings is 1. The Kier molecular flexibility index (Phi) is 3.22. The number of halogens is 1. The molecular formula is C10H10BrNO4. The Morgan fingerprint density at radius 2 is 2.12 bits per heavy atom. The van der Waals surface area contributed by atoms with Gasteiger partial charge in [-0.3, -0.25) is 10.1 Å². The molecule has 1 aliphatic heterocycles. The number of nitro groups is 1. The third-order valence-electron chi connectivity index (χ3n) is 2.43. The average molecular weight is 288 g/mol. The highest BCUT2D eigenvalue weighted by Gasteiger charge is 2.38. The minimum atomic E-state index is -0.883. The molecule has 1 heterocycles. The lowest BCUT2D eigenvalue weighted by molar-refractivity contribution is -0.385. The molecule has 0 unspecified atom stereocenters. The van der Waals surface area contributed by atoms with Crippen LogP contribution in [-0.4, -0.2) is 23.5 Å². The van der Waals surface area contributed by atoms with Gasteiger partial charge >= 0.3 is 0 Å². The van der Waals surface area contributed by atoms with Crippen LogP contribution in [0.25, 0.3) is 0 Å². The predicted octanol–water partition coefficient (Wildman–Crippen LogP) is 2.19. The molecule has 0 atom stereocenters. The standard InChI is InChI=1S/C10H10BrNO4/c11-7-10(15-4-5-16-10)8-2-1-3-9(6-8)12(13)14/h1-3,6H,4-5,7H2. The Balaban J connectivity index is 2.38. The van der Waals surface area contributed by atoms with Gasteiger partial charge in [-0.25, -0.2) is 0 Å². The van der Waals surface area contributed by atoms with Crippen molar-refractivity contribution in [3.05, 3.63) is 39.9 Å². The van der Waals surface area contributed by atoms with E-state index in [2.05, 4.69) is 15.9 Å². The maximum atomic E-state index is 10.7. The summed E-state index contributed by atoms with van der Waals surface area (Å²) in [7, 11) is 0. The van der Waals surface area contributed by atoms with Crippen LogP contribution in [0.4, 0.5) is 5.69 Å². The number of ether oxygens (including phenoxy) is 2. The van der Waals surface area contributed by atoms with Crippen LogP contribution in [0, 0.1) is 10.1 Å². The normalized spacial score (nSPS) is 18.6. The number of nitrogens with zero attached hydrogens (tertiary/aromatic N) is 1. The van der Waals surface area contributed by atoms with Crippen molar-refractivity contribution in [1.29, 1.82) is 0 Å². The van der Waals surface area contributed by atoms with Crippen molar-refractivity contribution in [2.24, 2.45) is 0 Å². The van der Waals surface area contributed by atoms with Crippen molar-refractivity contribution in [3.63, 3.8) is 0 Å². The van der Waals surface area contributed by atoms with E-state index >= 15 is 0 Å². The van der Waals surface area contributed by atoms with Crippen LogP contribution in [0.15, 0.2) is 24.3 Å². The summed E-state index contributed by atoms with van der Waals surface area (Å²) in [5, 5.41) is 11.1. The minimum absolute atomic E-state index is 0.0388. The molecule has 0 saturated carbocycles. The molecule has 1 aromatic rings. The number of rotatable bonds is 3. The molecule has 1 fully saturated rings. The zero-order valence-electron chi connectivity index (χ0n) is 8.39. The van der Waals surface area contributed by atoms with E-state index in [1.807, 2.05) is 0 Å². The van der Waals surface area contributed by atoms with Crippen LogP contribution in [0.3, 0.4) is 0 Å². The molecule has 16 heavy (non-hydrogen) atoms. The SMILES string of the molecule is O=[N+]([O-])c1cccc(C2(CBr)OCCO2)c1. The van der Waals surface area contributed by atoms with Crippen LogP contribution in [-0.2, 0) is 15.3 Å². The topological polar surface area (TPSA) is 61.6 Å². The van der Waals surface area contributed by atoms with Crippen molar-refractivity contribution >= 4 is 21.6 Å². The maximum absolute atomic E-state index is 10.7. The maximum Gasteiger partial charge on any atom is 0.269 e. The number of hydrogen-bond donors (Lipinski definition) is 0. The lowest BCUT2D eigenvalue weighted by Crippen LogP contribution is -2.28. The predicted molar refractivity (Wildman–Crippen MR) is 60.5 cm³/mol. The monoisotopic (exact) mass is 287 g/mol. The van der Waals surface area contributed by atoms with Gasteiger partial charge in [-0.05, 0) is 0 Å². The van der Waals surface area contributed by atoms with Gasteiger partial charge in [-0.1, -0.05) is 28.1 Å². The van der Waals surface area contributed by atoms with Crippen LogP contribution < -0.4 is 0 Å². The summed E-state index contributed by atoms with van der Waals surface area (Å²) in [5.74, 6) is -0.883. The van der Waals surface area contributed by atoms with Crippen molar-refractivity contribution in [2.45, 2.75) is 5.79 Å². The Labute approximate surface area is 101 Å². The quantitative estimate of drug-likeness (QED) is 0.486. The van der Waals surface area contributed by atoms with E-state index in [1.54, 1.807) is 12.1 Å². The first-order valence-corrected chi connectivity index (χ1v) is 5.89. The number of nitro benzene ring substituents is 1. The van der Waals surface area contributed by atoms with E-state index in [0.717, 1.165) is 0 Å². The van der Waals surface area contributed by atoms with Gasteiger partial charge in [0.15, 0.2) is 0 Å². The lowest BCUT2D eigenvalue weighted by Gasteiger charge is -2.25. The molecule has 1 saturated heterocycles. The Hall–Kier alpha value is -0.980. The van der Waals surface area contributed by atoms with Crippen LogP contribution in [0.5, 0.6) is 0 Å². The van der Waals surface area contributed by atoms with Crippen LogP contribution in [0.2, 0.25) is 0 Å². The summed E-state index contributed by atoms with van der Waals surface area (Å²) in [4.78, 5) is 10.2. The molecule has 0 N–H and O–H groups in total. The zero-order valence-corrected chi connectivity index (χ0v) is 9.97. The molecule has 1 aromatic carbocycles. The molecule has 6 heteroatoms. The number of hydrogen-bond acceptors (Lipinski definition) is 4. The number of non-ortho nitro benzene ring substituents is 1. The van der Waals surface area contributed by atoms with Crippen LogP contribution in [0.1, 0.15) is 5.56 Å². The first-order valence-electron chi connectivity index (χ1n) is 4.77. The summed E-state index contributed by atoms with van der Waals surface area (Å²) >= 11 is 3.31. The van der Waals surface area contributed by atoms with Gasteiger partial charge in [-0.15, -0.1) is 0 Å². The first kappa shape index (κ1) is 11.5. The lowest BCUT2D eigenvalue weighted by atomic mass is 10.1. The summed E-state index contributed by atoms with van der Waals surface area (Å²) in [6.45, 7) is 0.989. The molecule has 0 bridgehead atoms. The van der Waals surface area contributed by atoms with Crippen molar-refractivity contribution in [1.82, 2.24) is 0 Å². The van der Waals surface area contributed by atoms with Gasteiger partial charge in [0, 0.05) is 17.7 Å². The summed E-state index contributed by atoms with van der Waals surface area (Å²) in [5.41, 5.74) is 0.702. The highest BCUT2D eigenvalue weighted by Crippen LogP contribution is 2.34. The molecular weight excluding hydrogens is 278 g/mol. The summed E-state index contributed by atoms with van der Waals surface area (Å²) in [6.07, 6.45) is 0. The smallest absolute Gasteiger partial charge is 0.269 e. The zero-order chi connectivity index (χ0) is 11.6. The van der Waals surface area contributed by atoms with E-state index in [-0.39, 0.29) is 5.69 Å². The van der Waals surface area contributed by atoms with Crippen molar-refractivity contribution < 1.29 is 14.4 Å². The second kappa shape index (κ2) is 4.48. The summed E-state index contributed by atoms with van der Waals surface area (Å²) in [6, 6.07) is 6.31. The second-order valence-electron chi connectivity index (χ2n) is 3.39. The third-order valence-corrected chi connectivity index (χ3v) is 3.16. The molecule has 1 aliphatic rings. The second-order valence-corrected chi connectivity index (χ2v) is 3.95. The first-order chi connectivity index (χ1) is 7.68. The Morgan fingerprint density at radius 3 is 2.69 bits per heavy atom. The molecule has 0 radical (unpaired) electrons. The van der Waals surface area contributed by atoms with E-state index < -0.39 is 10.7 Å². The Morgan fingerprint density at radius 1 is 1.44 bits per heavy atom. The molecule has 0 amide bonds. The highest BCUT2D eigenvalue weighted by molar-refractivity contribution is 9.09. The molecule has 0 aliphatic carbocycles.